The summed E-state index contributed by atoms with van der Waals surface area (Å²) in [6.45, 7) is 2.00. The summed E-state index contributed by atoms with van der Waals surface area (Å²) in [6, 6.07) is 4.42. The zero-order valence-electron chi connectivity index (χ0n) is 11.4. The molecule has 0 saturated heterocycles. The molecule has 1 aliphatic heterocycles. The van der Waals surface area contributed by atoms with Crippen LogP contribution in [-0.4, -0.2) is 17.7 Å². The first-order valence-corrected chi connectivity index (χ1v) is 7.59. The number of hydrogen-bond acceptors (Lipinski definition) is 3. The topological polar surface area (TPSA) is 55.1 Å². The van der Waals surface area contributed by atoms with Gasteiger partial charge in [0, 0.05) is 10.6 Å². The van der Waals surface area contributed by atoms with E-state index in [0.717, 1.165) is 24.2 Å². The SMILES string of the molecule is CCCC(N)C(=O)NC1CCSc2c(F)cccc21.Cl. The Morgan fingerprint density at radius 3 is 3.05 bits per heavy atom. The maximum Gasteiger partial charge on any atom is 0.237 e. The van der Waals surface area contributed by atoms with Crippen molar-refractivity contribution < 1.29 is 9.18 Å². The molecule has 2 unspecified atom stereocenters. The summed E-state index contributed by atoms with van der Waals surface area (Å²) >= 11 is 1.51. The summed E-state index contributed by atoms with van der Waals surface area (Å²) in [7, 11) is 0. The lowest BCUT2D eigenvalue weighted by atomic mass is 10.0. The van der Waals surface area contributed by atoms with Gasteiger partial charge in [-0.2, -0.15) is 0 Å². The Morgan fingerprint density at radius 1 is 1.60 bits per heavy atom. The molecule has 3 nitrogen and oxygen atoms in total. The number of rotatable bonds is 4. The third-order valence-corrected chi connectivity index (χ3v) is 4.44. The molecule has 0 aliphatic carbocycles. The highest BCUT2D eigenvalue weighted by atomic mass is 35.5. The van der Waals surface area contributed by atoms with E-state index in [1.165, 1.54) is 17.8 Å². The van der Waals surface area contributed by atoms with Crippen molar-refractivity contribution in [3.05, 3.63) is 29.6 Å². The fourth-order valence-corrected chi connectivity index (χ4v) is 3.40. The molecule has 112 valence electrons. The van der Waals surface area contributed by atoms with Crippen molar-refractivity contribution in [2.45, 2.75) is 43.2 Å². The summed E-state index contributed by atoms with van der Waals surface area (Å²) < 4.78 is 13.7. The molecule has 3 N–H and O–H groups in total. The Morgan fingerprint density at radius 2 is 2.35 bits per heavy atom. The molecule has 1 aromatic carbocycles. The van der Waals surface area contributed by atoms with Gasteiger partial charge >= 0.3 is 0 Å². The van der Waals surface area contributed by atoms with Crippen LogP contribution in [0.5, 0.6) is 0 Å². The maximum atomic E-state index is 13.7. The lowest BCUT2D eigenvalue weighted by molar-refractivity contribution is -0.123. The number of nitrogens with two attached hydrogens (primary N) is 1. The summed E-state index contributed by atoms with van der Waals surface area (Å²) in [5.74, 6) is 0.454. The van der Waals surface area contributed by atoms with Gasteiger partial charge in [-0.3, -0.25) is 4.79 Å². The molecule has 1 amide bonds. The highest BCUT2D eigenvalue weighted by Gasteiger charge is 2.25. The van der Waals surface area contributed by atoms with Gasteiger partial charge in [-0.25, -0.2) is 4.39 Å². The molecule has 0 saturated carbocycles. The highest BCUT2D eigenvalue weighted by molar-refractivity contribution is 7.99. The molecule has 6 heteroatoms. The van der Waals surface area contributed by atoms with Gasteiger partial charge in [0.2, 0.25) is 5.91 Å². The number of thioether (sulfide) groups is 1. The van der Waals surface area contributed by atoms with Crippen LogP contribution in [0.4, 0.5) is 4.39 Å². The number of hydrogen-bond donors (Lipinski definition) is 2. The number of carbonyl (C=O) groups excluding carboxylic acids is 1. The van der Waals surface area contributed by atoms with E-state index in [2.05, 4.69) is 5.32 Å². The predicted octanol–water partition coefficient (Wildman–Crippen LogP) is 3.03. The number of nitrogens with one attached hydrogen (secondary N) is 1. The van der Waals surface area contributed by atoms with Gasteiger partial charge in [-0.05, 0) is 24.5 Å². The maximum absolute atomic E-state index is 13.7. The minimum atomic E-state index is -0.475. The number of fused-ring (bicyclic) bond motifs is 1. The molecule has 20 heavy (non-hydrogen) atoms. The molecular weight excluding hydrogens is 299 g/mol. The van der Waals surface area contributed by atoms with Crippen molar-refractivity contribution in [3.8, 4) is 0 Å². The van der Waals surface area contributed by atoms with Crippen LogP contribution in [0.15, 0.2) is 23.1 Å². The number of benzene rings is 1. The largest absolute Gasteiger partial charge is 0.348 e. The van der Waals surface area contributed by atoms with Crippen LogP contribution in [0.3, 0.4) is 0 Å². The number of carbonyl (C=O) groups is 1. The van der Waals surface area contributed by atoms with Gasteiger partial charge < -0.3 is 11.1 Å². The van der Waals surface area contributed by atoms with Gasteiger partial charge in [0.25, 0.3) is 0 Å². The fraction of sp³-hybridized carbons (Fsp3) is 0.500. The molecule has 1 aromatic rings. The zero-order valence-corrected chi connectivity index (χ0v) is 13.0. The van der Waals surface area contributed by atoms with E-state index in [1.807, 2.05) is 13.0 Å². The lowest BCUT2D eigenvalue weighted by Gasteiger charge is -2.27. The van der Waals surface area contributed by atoms with Crippen molar-refractivity contribution >= 4 is 30.1 Å². The molecule has 1 heterocycles. The first-order chi connectivity index (χ1) is 9.13. The van der Waals surface area contributed by atoms with E-state index in [-0.39, 0.29) is 30.2 Å². The van der Waals surface area contributed by atoms with E-state index in [9.17, 15) is 9.18 Å². The van der Waals surface area contributed by atoms with Crippen molar-refractivity contribution in [2.75, 3.05) is 5.75 Å². The number of amides is 1. The lowest BCUT2D eigenvalue weighted by Crippen LogP contribution is -2.42. The van der Waals surface area contributed by atoms with Crippen LogP contribution in [0.25, 0.3) is 0 Å². The van der Waals surface area contributed by atoms with E-state index >= 15 is 0 Å². The summed E-state index contributed by atoms with van der Waals surface area (Å²) in [4.78, 5) is 12.6. The average Bonchev–Trinajstić information content (AvgIpc) is 2.40. The Kier molecular flexibility index (Phi) is 6.79. The quantitative estimate of drug-likeness (QED) is 0.897. The Labute approximate surface area is 129 Å². The van der Waals surface area contributed by atoms with E-state index in [0.29, 0.717) is 11.3 Å². The first-order valence-electron chi connectivity index (χ1n) is 6.60. The molecule has 2 atom stereocenters. The van der Waals surface area contributed by atoms with E-state index in [1.54, 1.807) is 6.07 Å². The van der Waals surface area contributed by atoms with Gasteiger partial charge in [0.1, 0.15) is 5.82 Å². The predicted molar refractivity (Wildman–Crippen MR) is 82.8 cm³/mol. The normalized spacial score (nSPS) is 18.6. The molecule has 0 spiro atoms. The van der Waals surface area contributed by atoms with Crippen LogP contribution < -0.4 is 11.1 Å². The summed E-state index contributed by atoms with van der Waals surface area (Å²) in [5.41, 5.74) is 6.67. The molecule has 0 fully saturated rings. The molecule has 0 bridgehead atoms. The molecule has 2 rings (SSSR count). The average molecular weight is 319 g/mol. The Bertz CT molecular complexity index is 472. The van der Waals surface area contributed by atoms with Gasteiger partial charge in [0.15, 0.2) is 0 Å². The first kappa shape index (κ1) is 17.3. The third kappa shape index (κ3) is 3.87. The van der Waals surface area contributed by atoms with Crippen molar-refractivity contribution in [1.29, 1.82) is 0 Å². The van der Waals surface area contributed by atoms with Gasteiger partial charge in [0.05, 0.1) is 12.1 Å². The van der Waals surface area contributed by atoms with Crippen molar-refractivity contribution in [2.24, 2.45) is 5.73 Å². The van der Waals surface area contributed by atoms with Crippen LogP contribution in [0.1, 0.15) is 37.8 Å². The second-order valence-corrected chi connectivity index (χ2v) is 5.86. The number of halogens is 2. The molecular formula is C14H20ClFN2OS. The minimum absolute atomic E-state index is 0. The van der Waals surface area contributed by atoms with Crippen molar-refractivity contribution in [3.63, 3.8) is 0 Å². The van der Waals surface area contributed by atoms with E-state index in [4.69, 9.17) is 5.73 Å². The summed E-state index contributed by atoms with van der Waals surface area (Å²) in [6.07, 6.45) is 2.36. The van der Waals surface area contributed by atoms with E-state index < -0.39 is 6.04 Å². The molecule has 0 aromatic heterocycles. The second-order valence-electron chi connectivity index (χ2n) is 4.75. The highest BCUT2D eigenvalue weighted by Crippen LogP contribution is 2.37. The van der Waals surface area contributed by atoms with Gasteiger partial charge in [-0.1, -0.05) is 25.5 Å². The Balaban J connectivity index is 0.00000200. The minimum Gasteiger partial charge on any atom is -0.348 e. The standard InChI is InChI=1S/C14H19FN2OS.ClH/c1-2-4-11(16)14(18)17-12-7-8-19-13-9(12)5-3-6-10(13)15;/h3,5-6,11-12H,2,4,7-8,16H2,1H3,(H,17,18);1H. The molecule has 1 aliphatic rings. The van der Waals surface area contributed by atoms with Crippen LogP contribution >= 0.6 is 24.2 Å². The monoisotopic (exact) mass is 318 g/mol. The van der Waals surface area contributed by atoms with Crippen LogP contribution in [-0.2, 0) is 4.79 Å². The second kappa shape index (κ2) is 7.86. The fourth-order valence-electron chi connectivity index (χ4n) is 2.26. The molecule has 0 radical (unpaired) electrons. The van der Waals surface area contributed by atoms with Crippen LogP contribution in [0.2, 0.25) is 0 Å². The zero-order chi connectivity index (χ0) is 13.8. The van der Waals surface area contributed by atoms with Crippen LogP contribution in [0, 0.1) is 5.82 Å². The smallest absolute Gasteiger partial charge is 0.237 e. The summed E-state index contributed by atoms with van der Waals surface area (Å²) in [5, 5.41) is 2.94. The van der Waals surface area contributed by atoms with Crippen molar-refractivity contribution in [1.82, 2.24) is 5.32 Å². The third-order valence-electron chi connectivity index (χ3n) is 3.28. The van der Waals surface area contributed by atoms with Gasteiger partial charge in [-0.15, -0.1) is 24.2 Å². The Hall–Kier alpha value is -0.780.